The van der Waals surface area contributed by atoms with E-state index in [0.717, 1.165) is 37.5 Å². The van der Waals surface area contributed by atoms with Gasteiger partial charge < -0.3 is 10.1 Å². The summed E-state index contributed by atoms with van der Waals surface area (Å²) in [6, 6.07) is 6.15. The zero-order chi connectivity index (χ0) is 10.2. The first-order valence-electron chi connectivity index (χ1n) is 5.01. The van der Waals surface area contributed by atoms with Crippen LogP contribution in [0.3, 0.4) is 0 Å². The minimum absolute atomic E-state index is 0.744. The van der Waals surface area contributed by atoms with Gasteiger partial charge in [0.1, 0.15) is 0 Å². The second kappa shape index (κ2) is 6.51. The molecule has 1 heterocycles. The first-order valence-corrected chi connectivity index (χ1v) is 5.01. The molecule has 14 heavy (non-hydrogen) atoms. The zero-order valence-electron chi connectivity index (χ0n) is 8.92. The van der Waals surface area contributed by atoms with Crippen molar-refractivity contribution in [2.75, 3.05) is 20.3 Å². The highest BCUT2D eigenvalue weighted by atomic mass is 16.5. The van der Waals surface area contributed by atoms with Crippen LogP contribution < -0.4 is 5.32 Å². The van der Waals surface area contributed by atoms with E-state index in [4.69, 9.17) is 4.74 Å². The van der Waals surface area contributed by atoms with Gasteiger partial charge >= 0.3 is 0 Å². The highest BCUT2D eigenvalue weighted by molar-refractivity contribution is 5.10. The van der Waals surface area contributed by atoms with Gasteiger partial charge in [-0.25, -0.2) is 0 Å². The van der Waals surface area contributed by atoms with Crippen molar-refractivity contribution < 1.29 is 4.74 Å². The number of ether oxygens (including phenoxy) is 1. The van der Waals surface area contributed by atoms with Gasteiger partial charge in [-0.15, -0.1) is 0 Å². The van der Waals surface area contributed by atoms with Crippen molar-refractivity contribution in [3.8, 4) is 0 Å². The summed E-state index contributed by atoms with van der Waals surface area (Å²) < 4.78 is 4.94. The van der Waals surface area contributed by atoms with Crippen molar-refractivity contribution in [1.29, 1.82) is 0 Å². The monoisotopic (exact) mass is 194 g/mol. The normalized spacial score (nSPS) is 10.4. The highest BCUT2D eigenvalue weighted by Gasteiger charge is 1.95. The van der Waals surface area contributed by atoms with Crippen molar-refractivity contribution in [3.05, 3.63) is 29.6 Å². The maximum Gasteiger partial charge on any atom is 0.0587 e. The van der Waals surface area contributed by atoms with Gasteiger partial charge in [0.25, 0.3) is 0 Å². The molecule has 1 aromatic heterocycles. The van der Waals surface area contributed by atoms with E-state index in [1.807, 2.05) is 6.07 Å². The number of aromatic nitrogens is 1. The molecule has 0 saturated carbocycles. The lowest BCUT2D eigenvalue weighted by atomic mass is 10.2. The van der Waals surface area contributed by atoms with Crippen LogP contribution in [0.2, 0.25) is 0 Å². The Morgan fingerprint density at radius 1 is 1.36 bits per heavy atom. The molecule has 0 aliphatic carbocycles. The van der Waals surface area contributed by atoms with E-state index in [2.05, 4.69) is 29.4 Å². The third-order valence-electron chi connectivity index (χ3n) is 2.02. The van der Waals surface area contributed by atoms with Crippen LogP contribution in [-0.4, -0.2) is 25.2 Å². The number of aryl methyl sites for hydroxylation is 1. The Morgan fingerprint density at radius 3 is 2.86 bits per heavy atom. The molecule has 0 saturated heterocycles. The van der Waals surface area contributed by atoms with Gasteiger partial charge in [0.05, 0.1) is 12.3 Å². The molecule has 0 bridgehead atoms. The second-order valence-electron chi connectivity index (χ2n) is 3.14. The molecule has 0 aliphatic rings. The van der Waals surface area contributed by atoms with E-state index in [-0.39, 0.29) is 0 Å². The molecule has 0 unspecified atom stereocenters. The minimum atomic E-state index is 0.744. The molecule has 0 amide bonds. The first-order chi connectivity index (χ1) is 6.86. The fourth-order valence-corrected chi connectivity index (χ4v) is 1.22. The molecule has 1 rings (SSSR count). The lowest BCUT2D eigenvalue weighted by Gasteiger charge is -2.04. The number of hydrogen-bond acceptors (Lipinski definition) is 3. The second-order valence-corrected chi connectivity index (χ2v) is 3.14. The van der Waals surface area contributed by atoms with Gasteiger partial charge in [-0.05, 0) is 18.6 Å². The van der Waals surface area contributed by atoms with Crippen LogP contribution in [0.25, 0.3) is 0 Å². The van der Waals surface area contributed by atoms with Crippen LogP contribution in [0.1, 0.15) is 18.3 Å². The van der Waals surface area contributed by atoms with Crippen molar-refractivity contribution in [2.45, 2.75) is 19.9 Å². The third-order valence-corrected chi connectivity index (χ3v) is 2.02. The zero-order valence-corrected chi connectivity index (χ0v) is 8.92. The molecule has 0 fully saturated rings. The van der Waals surface area contributed by atoms with Crippen LogP contribution in [0.4, 0.5) is 0 Å². The molecule has 1 aromatic rings. The average Bonchev–Trinajstić information content (AvgIpc) is 2.25. The Morgan fingerprint density at radius 2 is 2.14 bits per heavy atom. The molecule has 0 aliphatic heterocycles. The molecular formula is C11H18N2O. The number of nitrogens with zero attached hydrogens (tertiary/aromatic N) is 1. The predicted molar refractivity (Wildman–Crippen MR) is 57.2 cm³/mol. The average molecular weight is 194 g/mol. The van der Waals surface area contributed by atoms with Crippen LogP contribution in [0, 0.1) is 0 Å². The maximum absolute atomic E-state index is 4.94. The lowest BCUT2D eigenvalue weighted by molar-refractivity contribution is 0.199. The number of nitrogens with one attached hydrogen (secondary N) is 1. The largest absolute Gasteiger partial charge is 0.383 e. The van der Waals surface area contributed by atoms with Crippen LogP contribution in [0.15, 0.2) is 18.2 Å². The van der Waals surface area contributed by atoms with E-state index in [0.29, 0.717) is 0 Å². The Kier molecular flexibility index (Phi) is 5.19. The molecule has 0 radical (unpaired) electrons. The SMILES string of the molecule is CCc1cccc(CNCCOC)n1. The van der Waals surface area contributed by atoms with Crippen LogP contribution in [0.5, 0.6) is 0 Å². The number of methoxy groups -OCH3 is 1. The van der Waals surface area contributed by atoms with E-state index in [9.17, 15) is 0 Å². The van der Waals surface area contributed by atoms with Crippen molar-refractivity contribution >= 4 is 0 Å². The topological polar surface area (TPSA) is 34.1 Å². The third kappa shape index (κ3) is 3.85. The van der Waals surface area contributed by atoms with E-state index < -0.39 is 0 Å². The highest BCUT2D eigenvalue weighted by Crippen LogP contribution is 1.99. The summed E-state index contributed by atoms with van der Waals surface area (Å²) in [6.07, 6.45) is 0.992. The van der Waals surface area contributed by atoms with Crippen molar-refractivity contribution in [3.63, 3.8) is 0 Å². The fraction of sp³-hybridized carbons (Fsp3) is 0.545. The predicted octanol–water partition coefficient (Wildman–Crippen LogP) is 1.38. The van der Waals surface area contributed by atoms with Gasteiger partial charge in [0, 0.05) is 25.9 Å². The standard InChI is InChI=1S/C11H18N2O/c1-3-10-5-4-6-11(13-10)9-12-7-8-14-2/h4-6,12H,3,7-9H2,1-2H3. The summed E-state index contributed by atoms with van der Waals surface area (Å²) in [6.45, 7) is 4.55. The van der Waals surface area contributed by atoms with Gasteiger partial charge in [-0.2, -0.15) is 0 Å². The molecule has 0 aromatic carbocycles. The molecule has 3 nitrogen and oxygen atoms in total. The summed E-state index contributed by atoms with van der Waals surface area (Å²) in [5, 5.41) is 3.27. The molecule has 0 spiro atoms. The Hall–Kier alpha value is -0.930. The molecule has 1 N–H and O–H groups in total. The summed E-state index contributed by atoms with van der Waals surface area (Å²) in [4.78, 5) is 4.49. The van der Waals surface area contributed by atoms with E-state index in [1.54, 1.807) is 7.11 Å². The van der Waals surface area contributed by atoms with Crippen LogP contribution >= 0.6 is 0 Å². The fourth-order valence-electron chi connectivity index (χ4n) is 1.22. The van der Waals surface area contributed by atoms with Gasteiger partial charge in [-0.1, -0.05) is 13.0 Å². The Labute approximate surface area is 85.5 Å². The quantitative estimate of drug-likeness (QED) is 0.695. The number of pyridine rings is 1. The Balaban J connectivity index is 2.34. The molecule has 78 valence electrons. The summed E-state index contributed by atoms with van der Waals surface area (Å²) in [7, 11) is 1.71. The Bertz CT molecular complexity index is 263. The minimum Gasteiger partial charge on any atom is -0.383 e. The van der Waals surface area contributed by atoms with Gasteiger partial charge in [0.15, 0.2) is 0 Å². The van der Waals surface area contributed by atoms with E-state index in [1.165, 1.54) is 0 Å². The van der Waals surface area contributed by atoms with Crippen molar-refractivity contribution in [1.82, 2.24) is 10.3 Å². The first kappa shape index (κ1) is 11.1. The van der Waals surface area contributed by atoms with Gasteiger partial charge in [-0.3, -0.25) is 4.98 Å². The smallest absolute Gasteiger partial charge is 0.0587 e. The van der Waals surface area contributed by atoms with Crippen LogP contribution in [-0.2, 0) is 17.7 Å². The summed E-state index contributed by atoms with van der Waals surface area (Å²) in [5.74, 6) is 0. The molecular weight excluding hydrogens is 176 g/mol. The maximum atomic E-state index is 4.94. The lowest BCUT2D eigenvalue weighted by Crippen LogP contribution is -2.19. The molecule has 0 atom stereocenters. The summed E-state index contributed by atoms with van der Waals surface area (Å²) in [5.41, 5.74) is 2.25. The van der Waals surface area contributed by atoms with Crippen molar-refractivity contribution in [2.24, 2.45) is 0 Å². The number of rotatable bonds is 6. The number of hydrogen-bond donors (Lipinski definition) is 1. The summed E-state index contributed by atoms with van der Waals surface area (Å²) >= 11 is 0. The van der Waals surface area contributed by atoms with Gasteiger partial charge in [0.2, 0.25) is 0 Å². The van der Waals surface area contributed by atoms with E-state index >= 15 is 0 Å². The molecule has 3 heteroatoms.